The van der Waals surface area contributed by atoms with Gasteiger partial charge in [0.15, 0.2) is 30.9 Å². The van der Waals surface area contributed by atoms with E-state index < -0.39 is 84.9 Å². The Bertz CT molecular complexity index is 1720. The van der Waals surface area contributed by atoms with Crippen LogP contribution in [-0.4, -0.2) is 115 Å². The van der Waals surface area contributed by atoms with Gasteiger partial charge in [-0.3, -0.25) is 4.79 Å². The molecule has 1 spiro atoms. The maximum Gasteiger partial charge on any atom is 0.316 e. The highest BCUT2D eigenvalue weighted by molar-refractivity contribution is 5.78. The first-order chi connectivity index (χ1) is 29.5. The molecular formula is C49H74O13. The van der Waals surface area contributed by atoms with E-state index in [0.717, 1.165) is 12.0 Å². The number of ether oxygens (including phenoxy) is 9. The summed E-state index contributed by atoms with van der Waals surface area (Å²) < 4.78 is 57.4. The lowest BCUT2D eigenvalue weighted by Crippen LogP contribution is -2.55. The van der Waals surface area contributed by atoms with Crippen LogP contribution in [0.3, 0.4) is 0 Å². The molecule has 62 heavy (non-hydrogen) atoms. The number of carbonyl (C=O) groups excluding carboxylic acids is 1. The molecule has 4 fully saturated rings. The monoisotopic (exact) mass is 871 g/mol. The Morgan fingerprint density at radius 1 is 0.887 bits per heavy atom. The van der Waals surface area contributed by atoms with Gasteiger partial charge in [0.1, 0.15) is 29.8 Å². The molecule has 3 N–H and O–H groups in total. The van der Waals surface area contributed by atoms with Crippen molar-refractivity contribution in [1.29, 1.82) is 0 Å². The maximum atomic E-state index is 14.4. The minimum atomic E-state index is -1.61. The molecule has 2 bridgehead atoms. The summed E-state index contributed by atoms with van der Waals surface area (Å²) in [6.07, 6.45) is 12.0. The lowest BCUT2D eigenvalue weighted by Gasteiger charge is -2.48. The van der Waals surface area contributed by atoms with Crippen molar-refractivity contribution in [2.24, 2.45) is 41.4 Å². The fraction of sp³-hybridized carbons (Fsp3) is 0.776. The topological polar surface area (TPSA) is 161 Å². The van der Waals surface area contributed by atoms with Crippen LogP contribution in [0.4, 0.5) is 0 Å². The molecule has 0 amide bonds. The second-order valence-electron chi connectivity index (χ2n) is 19.6. The largest absolute Gasteiger partial charge is 0.462 e. The second kappa shape index (κ2) is 19.7. The first kappa shape index (κ1) is 47.7. The highest BCUT2D eigenvalue weighted by Gasteiger charge is 2.59. The van der Waals surface area contributed by atoms with Gasteiger partial charge in [-0.1, -0.05) is 84.4 Å². The predicted molar refractivity (Wildman–Crippen MR) is 230 cm³/mol. The Morgan fingerprint density at radius 3 is 2.32 bits per heavy atom. The molecule has 7 aliphatic rings. The minimum Gasteiger partial charge on any atom is -0.462 e. The molecule has 7 rings (SSSR count). The van der Waals surface area contributed by atoms with Gasteiger partial charge in [0.25, 0.3) is 0 Å². The van der Waals surface area contributed by atoms with Gasteiger partial charge in [0.2, 0.25) is 0 Å². The Morgan fingerprint density at radius 2 is 1.60 bits per heavy atom. The molecule has 0 aromatic rings. The van der Waals surface area contributed by atoms with Crippen molar-refractivity contribution < 1.29 is 62.7 Å². The number of hydrogen-bond acceptors (Lipinski definition) is 13. The number of aliphatic hydroxyl groups is 3. The summed E-state index contributed by atoms with van der Waals surface area (Å²) in [6, 6.07) is 0. The zero-order valence-electron chi connectivity index (χ0n) is 38.5. The van der Waals surface area contributed by atoms with Crippen LogP contribution >= 0.6 is 0 Å². The molecule has 20 atom stereocenters. The molecule has 13 heteroatoms. The van der Waals surface area contributed by atoms with Gasteiger partial charge in [0, 0.05) is 57.7 Å². The number of hydrogen-bond donors (Lipinski definition) is 3. The maximum absolute atomic E-state index is 14.4. The Labute approximate surface area is 368 Å². The molecule has 5 aliphatic heterocycles. The van der Waals surface area contributed by atoms with Gasteiger partial charge in [-0.05, 0) is 73.7 Å². The second-order valence-corrected chi connectivity index (χ2v) is 19.6. The van der Waals surface area contributed by atoms with Gasteiger partial charge in [0.05, 0.1) is 24.4 Å². The van der Waals surface area contributed by atoms with Crippen molar-refractivity contribution in [3.63, 3.8) is 0 Å². The number of aliphatic hydroxyl groups excluding tert-OH is 2. The molecule has 2 aliphatic carbocycles. The SMILES string of the molecule is CCC(C)[C@H]1O[C@]2(C=C[C@@H]1C)C[C@@H]1C[C@@H](C/C=C(\C)[C@@H](O[C@@H]3C[C@H](C)[C@H](O[C@@H]4C[C@H](C)[C@H](O)[C@@H](OC)O4)[C@@H](OC)O3)[C@@H](C)/C=C/C=C3\CC[C@@H]4[C@H](O)C(C)=C[C@@H](C(=O)O1)[C@]34O)O2. The van der Waals surface area contributed by atoms with Crippen LogP contribution in [0.25, 0.3) is 0 Å². The van der Waals surface area contributed by atoms with E-state index in [9.17, 15) is 20.1 Å². The Kier molecular flexibility index (Phi) is 15.1. The quantitative estimate of drug-likeness (QED) is 0.173. The number of allylic oxidation sites excluding steroid dienone is 2. The smallest absolute Gasteiger partial charge is 0.316 e. The fourth-order valence-electron chi connectivity index (χ4n) is 11.1. The van der Waals surface area contributed by atoms with E-state index in [1.165, 1.54) is 7.11 Å². The summed E-state index contributed by atoms with van der Waals surface area (Å²) in [5.74, 6) is -2.94. The molecule has 1 saturated carbocycles. The normalized spacial score (nSPS) is 49.1. The van der Waals surface area contributed by atoms with Gasteiger partial charge in [-0.25, -0.2) is 0 Å². The van der Waals surface area contributed by atoms with Crippen LogP contribution in [0.15, 0.2) is 59.3 Å². The van der Waals surface area contributed by atoms with E-state index in [2.05, 4.69) is 59.8 Å². The lowest BCUT2D eigenvalue weighted by atomic mass is 9.68. The van der Waals surface area contributed by atoms with E-state index in [-0.39, 0.29) is 41.8 Å². The molecule has 348 valence electrons. The van der Waals surface area contributed by atoms with Gasteiger partial charge in [-0.2, -0.15) is 0 Å². The highest BCUT2D eigenvalue weighted by atomic mass is 16.8. The van der Waals surface area contributed by atoms with E-state index >= 15 is 0 Å². The highest BCUT2D eigenvalue weighted by Crippen LogP contribution is 2.52. The number of fused-ring (bicyclic) bond motifs is 2. The van der Waals surface area contributed by atoms with Crippen molar-refractivity contribution in [2.75, 3.05) is 14.2 Å². The van der Waals surface area contributed by atoms with E-state index in [0.29, 0.717) is 56.1 Å². The first-order valence-corrected chi connectivity index (χ1v) is 23.2. The molecule has 0 aromatic heterocycles. The van der Waals surface area contributed by atoms with Crippen molar-refractivity contribution in [3.05, 3.63) is 59.3 Å². The average Bonchev–Trinajstić information content (AvgIpc) is 3.58. The van der Waals surface area contributed by atoms with Gasteiger partial charge < -0.3 is 58.0 Å². The van der Waals surface area contributed by atoms with Crippen molar-refractivity contribution >= 4 is 5.97 Å². The van der Waals surface area contributed by atoms with Crippen LogP contribution in [0.5, 0.6) is 0 Å². The Balaban J connectivity index is 1.18. The third-order valence-electron chi connectivity index (χ3n) is 15.0. The zero-order valence-corrected chi connectivity index (χ0v) is 38.5. The first-order valence-electron chi connectivity index (χ1n) is 23.2. The molecule has 0 radical (unpaired) electrons. The number of rotatable bonds is 8. The van der Waals surface area contributed by atoms with Crippen LogP contribution in [-0.2, 0) is 47.4 Å². The lowest BCUT2D eigenvalue weighted by molar-refractivity contribution is -0.363. The minimum absolute atomic E-state index is 0.0407. The van der Waals surface area contributed by atoms with Gasteiger partial charge in [-0.15, -0.1) is 0 Å². The summed E-state index contributed by atoms with van der Waals surface area (Å²) in [5.41, 5.74) is 0.728. The molecule has 13 nitrogen and oxygen atoms in total. The predicted octanol–water partition coefficient (Wildman–Crippen LogP) is 6.80. The average molecular weight is 871 g/mol. The molecule has 1 unspecified atom stereocenters. The summed E-state index contributed by atoms with van der Waals surface area (Å²) >= 11 is 0. The van der Waals surface area contributed by atoms with Crippen LogP contribution < -0.4 is 0 Å². The van der Waals surface area contributed by atoms with E-state index in [1.54, 1.807) is 13.2 Å². The number of esters is 1. The molecular weight excluding hydrogens is 797 g/mol. The summed E-state index contributed by atoms with van der Waals surface area (Å²) in [4.78, 5) is 14.4. The third-order valence-corrected chi connectivity index (χ3v) is 15.0. The number of methoxy groups -OCH3 is 2. The summed E-state index contributed by atoms with van der Waals surface area (Å²) in [5, 5.41) is 34.5. The van der Waals surface area contributed by atoms with Gasteiger partial charge >= 0.3 is 5.97 Å². The van der Waals surface area contributed by atoms with Crippen molar-refractivity contribution in [2.45, 2.75) is 186 Å². The van der Waals surface area contributed by atoms with Crippen LogP contribution in [0.2, 0.25) is 0 Å². The standard InChI is InChI=1S/C49H74O13/c1-11-26(2)43-29(5)19-20-48(62-43)25-35-24-34(61-48)17-15-28(4)42(27(3)13-12-14-33-16-18-36-40(50)30(6)21-37(45(52)56-35)49(33,36)53)57-39-23-32(8)44(47(55-10)60-39)58-38-22-31(7)41(51)46(54-9)59-38/h12-15,19-21,26-27,29,31-32,34-44,46-47,50-51,53H,11,16-18,22-25H2,1-10H3/b13-12+,28-15+,33-14+/t26?,27-,29-,31-,32-,34+,35-,36+,37-,38-,39-,40+,41-,42-,43+,44-,46-,47-,48+,49-/m0/s1. The van der Waals surface area contributed by atoms with Crippen molar-refractivity contribution in [1.82, 2.24) is 0 Å². The van der Waals surface area contributed by atoms with Crippen molar-refractivity contribution in [3.8, 4) is 0 Å². The number of carbonyl (C=O) groups is 1. The van der Waals surface area contributed by atoms with E-state index in [1.807, 2.05) is 32.1 Å². The molecule has 5 heterocycles. The molecule has 3 saturated heterocycles. The fourth-order valence-corrected chi connectivity index (χ4v) is 11.1. The Hall–Kier alpha value is -2.27. The molecule has 0 aromatic carbocycles. The summed E-state index contributed by atoms with van der Waals surface area (Å²) in [7, 11) is 3.10. The third kappa shape index (κ3) is 9.65. The van der Waals surface area contributed by atoms with Crippen LogP contribution in [0.1, 0.15) is 107 Å². The van der Waals surface area contributed by atoms with Crippen LogP contribution in [0, 0.1) is 41.4 Å². The summed E-state index contributed by atoms with van der Waals surface area (Å²) in [6.45, 7) is 16.5. The zero-order chi connectivity index (χ0) is 44.7. The van der Waals surface area contributed by atoms with E-state index in [4.69, 9.17) is 42.6 Å².